The first-order valence-electron chi connectivity index (χ1n) is 6.24. The number of hydrogen-bond donors (Lipinski definition) is 2. The lowest BCUT2D eigenvalue weighted by molar-refractivity contribution is 0.0398. The maximum absolute atomic E-state index is 11.4. The Hall–Kier alpha value is -2.43. The van der Waals surface area contributed by atoms with Gasteiger partial charge in [0, 0.05) is 0 Å². The van der Waals surface area contributed by atoms with Crippen molar-refractivity contribution in [1.82, 2.24) is 10.6 Å². The van der Waals surface area contributed by atoms with Crippen LogP contribution < -0.4 is 10.6 Å². The van der Waals surface area contributed by atoms with Crippen molar-refractivity contribution in [3.8, 4) is 6.07 Å². The molecule has 8 nitrogen and oxygen atoms in total. The molecule has 1 rings (SSSR count). The van der Waals surface area contributed by atoms with Gasteiger partial charge in [0.1, 0.15) is 6.07 Å². The summed E-state index contributed by atoms with van der Waals surface area (Å²) in [7, 11) is 0. The molecular weight excluding hydrogens is 266 g/mol. The molecule has 8 heteroatoms. The monoisotopic (exact) mass is 283 g/mol. The first-order valence-corrected chi connectivity index (χ1v) is 6.24. The predicted molar refractivity (Wildman–Crippen MR) is 67.3 cm³/mol. The van der Waals surface area contributed by atoms with Crippen molar-refractivity contribution < 1.29 is 23.8 Å². The number of alkyl carbamates (subject to hydrolysis) is 2. The minimum atomic E-state index is -0.891. The fourth-order valence-electron chi connectivity index (χ4n) is 1.57. The average molecular weight is 283 g/mol. The molecule has 0 aromatic heterocycles. The number of carbonyl (C=O) groups is 2. The standard InChI is InChI=1S/C12H17N3O5/c1-3-18-11(16)14-9-6-5-8(7-13)20-10(9)15-12(17)19-4-2/h5,9-10H,3-4,6H2,1-2H3,(H,14,16)(H,15,17). The summed E-state index contributed by atoms with van der Waals surface area (Å²) >= 11 is 0. The van der Waals surface area contributed by atoms with Crippen LogP contribution in [-0.4, -0.2) is 37.7 Å². The molecule has 1 aliphatic rings. The number of carbonyl (C=O) groups excluding carboxylic acids is 2. The summed E-state index contributed by atoms with van der Waals surface area (Å²) in [5.41, 5.74) is 0. The molecule has 2 unspecified atom stereocenters. The Morgan fingerprint density at radius 1 is 1.35 bits per heavy atom. The van der Waals surface area contributed by atoms with Gasteiger partial charge in [-0.3, -0.25) is 5.32 Å². The summed E-state index contributed by atoms with van der Waals surface area (Å²) in [5.74, 6) is 0.0775. The zero-order valence-corrected chi connectivity index (χ0v) is 11.3. The number of nitrogens with one attached hydrogen (secondary N) is 2. The van der Waals surface area contributed by atoms with Crippen molar-refractivity contribution in [3.63, 3.8) is 0 Å². The van der Waals surface area contributed by atoms with E-state index in [9.17, 15) is 9.59 Å². The molecule has 0 saturated heterocycles. The third-order valence-electron chi connectivity index (χ3n) is 2.40. The van der Waals surface area contributed by atoms with Crippen LogP contribution in [0.3, 0.4) is 0 Å². The van der Waals surface area contributed by atoms with E-state index in [1.165, 1.54) is 6.08 Å². The Kier molecular flexibility index (Phi) is 6.16. The van der Waals surface area contributed by atoms with Crippen molar-refractivity contribution in [1.29, 1.82) is 5.26 Å². The van der Waals surface area contributed by atoms with Crippen LogP contribution in [0.2, 0.25) is 0 Å². The third-order valence-corrected chi connectivity index (χ3v) is 2.40. The van der Waals surface area contributed by atoms with Gasteiger partial charge in [-0.05, 0) is 26.3 Å². The SMILES string of the molecule is CCOC(=O)NC1CC=C(C#N)OC1NC(=O)OCC. The van der Waals surface area contributed by atoms with E-state index in [1.807, 2.05) is 6.07 Å². The van der Waals surface area contributed by atoms with Gasteiger partial charge in [0.05, 0.1) is 19.3 Å². The smallest absolute Gasteiger partial charge is 0.410 e. The van der Waals surface area contributed by atoms with Gasteiger partial charge >= 0.3 is 12.2 Å². The van der Waals surface area contributed by atoms with Crippen LogP contribution in [0.5, 0.6) is 0 Å². The van der Waals surface area contributed by atoms with Gasteiger partial charge in [-0.25, -0.2) is 9.59 Å². The second kappa shape index (κ2) is 7.89. The van der Waals surface area contributed by atoms with Gasteiger partial charge in [0.2, 0.25) is 0 Å². The summed E-state index contributed by atoms with van der Waals surface area (Å²) in [6.45, 7) is 3.78. The number of hydrogen-bond acceptors (Lipinski definition) is 6. The van der Waals surface area contributed by atoms with Crippen LogP contribution in [0, 0.1) is 11.3 Å². The number of nitrogens with zero attached hydrogens (tertiary/aromatic N) is 1. The molecule has 0 radical (unpaired) electrons. The van der Waals surface area contributed by atoms with Crippen LogP contribution in [0.15, 0.2) is 11.8 Å². The van der Waals surface area contributed by atoms with E-state index in [1.54, 1.807) is 13.8 Å². The Morgan fingerprint density at radius 3 is 2.50 bits per heavy atom. The fraction of sp³-hybridized carbons (Fsp3) is 0.583. The number of nitriles is 1. The Bertz CT molecular complexity index is 429. The zero-order valence-electron chi connectivity index (χ0n) is 11.3. The lowest BCUT2D eigenvalue weighted by Crippen LogP contribution is -2.54. The van der Waals surface area contributed by atoms with E-state index in [0.717, 1.165) is 0 Å². The van der Waals surface area contributed by atoms with Gasteiger partial charge in [-0.15, -0.1) is 0 Å². The van der Waals surface area contributed by atoms with Gasteiger partial charge in [0.25, 0.3) is 0 Å². The predicted octanol–water partition coefficient (Wildman–Crippen LogP) is 1.00. The minimum Gasteiger partial charge on any atom is -0.458 e. The highest BCUT2D eigenvalue weighted by Crippen LogP contribution is 2.16. The molecule has 0 aromatic carbocycles. The molecule has 1 heterocycles. The molecule has 0 saturated carbocycles. The highest BCUT2D eigenvalue weighted by atomic mass is 16.6. The molecule has 2 amide bonds. The second-order valence-corrected chi connectivity index (χ2v) is 3.79. The van der Waals surface area contributed by atoms with Crippen LogP contribution in [0.4, 0.5) is 9.59 Å². The van der Waals surface area contributed by atoms with Crippen LogP contribution in [0.1, 0.15) is 20.3 Å². The fourth-order valence-corrected chi connectivity index (χ4v) is 1.57. The zero-order chi connectivity index (χ0) is 15.0. The normalized spacial score (nSPS) is 20.8. The Morgan fingerprint density at radius 2 is 1.95 bits per heavy atom. The molecular formula is C12H17N3O5. The Balaban J connectivity index is 2.68. The second-order valence-electron chi connectivity index (χ2n) is 3.79. The van der Waals surface area contributed by atoms with Gasteiger partial charge in [0.15, 0.2) is 12.0 Å². The van der Waals surface area contributed by atoms with E-state index in [4.69, 9.17) is 19.5 Å². The topological polar surface area (TPSA) is 110 Å². The quantitative estimate of drug-likeness (QED) is 0.796. The van der Waals surface area contributed by atoms with Crippen molar-refractivity contribution in [2.24, 2.45) is 0 Å². The summed E-state index contributed by atoms with van der Waals surface area (Å²) < 4.78 is 14.8. The molecule has 2 N–H and O–H groups in total. The maximum atomic E-state index is 11.4. The molecule has 20 heavy (non-hydrogen) atoms. The minimum absolute atomic E-state index is 0.0775. The molecule has 2 atom stereocenters. The number of ether oxygens (including phenoxy) is 3. The third kappa shape index (κ3) is 4.68. The van der Waals surface area contributed by atoms with Gasteiger partial charge in [-0.1, -0.05) is 0 Å². The summed E-state index contributed by atoms with van der Waals surface area (Å²) in [5, 5.41) is 13.8. The first kappa shape index (κ1) is 15.6. The van der Waals surface area contributed by atoms with Crippen LogP contribution >= 0.6 is 0 Å². The molecule has 0 aliphatic carbocycles. The molecule has 0 aromatic rings. The highest BCUT2D eigenvalue weighted by Gasteiger charge is 2.31. The van der Waals surface area contributed by atoms with Gasteiger partial charge in [-0.2, -0.15) is 5.26 Å². The lowest BCUT2D eigenvalue weighted by Gasteiger charge is -2.30. The Labute approximate surface area is 116 Å². The van der Waals surface area contributed by atoms with E-state index in [2.05, 4.69) is 10.6 Å². The summed E-state index contributed by atoms with van der Waals surface area (Å²) in [4.78, 5) is 22.8. The summed E-state index contributed by atoms with van der Waals surface area (Å²) in [6, 6.07) is 1.30. The van der Waals surface area contributed by atoms with Crippen LogP contribution in [-0.2, 0) is 14.2 Å². The summed E-state index contributed by atoms with van der Waals surface area (Å²) in [6.07, 6.45) is -0.338. The number of allylic oxidation sites excluding steroid dienone is 1. The highest BCUT2D eigenvalue weighted by molar-refractivity contribution is 5.69. The van der Waals surface area contributed by atoms with Gasteiger partial charge < -0.3 is 19.5 Å². The van der Waals surface area contributed by atoms with Crippen molar-refractivity contribution in [2.45, 2.75) is 32.5 Å². The average Bonchev–Trinajstić information content (AvgIpc) is 2.41. The number of amides is 2. The lowest BCUT2D eigenvalue weighted by atomic mass is 10.1. The molecule has 0 fully saturated rings. The van der Waals surface area contributed by atoms with E-state index >= 15 is 0 Å². The van der Waals surface area contributed by atoms with Crippen molar-refractivity contribution >= 4 is 12.2 Å². The van der Waals surface area contributed by atoms with E-state index in [-0.39, 0.29) is 19.0 Å². The largest absolute Gasteiger partial charge is 0.458 e. The van der Waals surface area contributed by atoms with E-state index in [0.29, 0.717) is 6.42 Å². The van der Waals surface area contributed by atoms with Crippen molar-refractivity contribution in [3.05, 3.63) is 11.8 Å². The van der Waals surface area contributed by atoms with Crippen molar-refractivity contribution in [2.75, 3.05) is 13.2 Å². The maximum Gasteiger partial charge on any atom is 0.410 e. The molecule has 0 bridgehead atoms. The number of rotatable bonds is 4. The van der Waals surface area contributed by atoms with E-state index < -0.39 is 24.5 Å². The van der Waals surface area contributed by atoms with Crippen LogP contribution in [0.25, 0.3) is 0 Å². The molecule has 110 valence electrons. The first-order chi connectivity index (χ1) is 9.60. The molecule has 1 aliphatic heterocycles. The molecule has 0 spiro atoms.